The maximum atomic E-state index is 12.9. The number of imidazole rings is 1. The number of ketones is 1. The van der Waals surface area contributed by atoms with Gasteiger partial charge in [-0.25, -0.2) is 13.4 Å². The standard InChI is InChI=1S/C25H27N3O3S2/c1-4-27(5-2)33(30,31)21-13-14-23-22(16-21)26-25(28(23)6-3)32-17-24(29)20-12-11-18-9-7-8-10-19(18)15-20/h7-16H,4-6,17H2,1-3H3. The number of sulfonamides is 1. The molecule has 172 valence electrons. The average molecular weight is 482 g/mol. The zero-order valence-electron chi connectivity index (χ0n) is 19.0. The molecule has 0 aliphatic carbocycles. The Morgan fingerprint density at radius 1 is 0.970 bits per heavy atom. The number of rotatable bonds is 9. The van der Waals surface area contributed by atoms with Crippen molar-refractivity contribution in [3.63, 3.8) is 0 Å². The first kappa shape index (κ1) is 23.5. The predicted octanol–water partition coefficient (Wildman–Crippen LogP) is 5.21. The summed E-state index contributed by atoms with van der Waals surface area (Å²) in [5.74, 6) is 0.289. The van der Waals surface area contributed by atoms with Crippen LogP contribution in [0.2, 0.25) is 0 Å². The van der Waals surface area contributed by atoms with Crippen LogP contribution in [-0.2, 0) is 16.6 Å². The molecular weight excluding hydrogens is 454 g/mol. The van der Waals surface area contributed by atoms with E-state index < -0.39 is 10.0 Å². The summed E-state index contributed by atoms with van der Waals surface area (Å²) in [6.45, 7) is 7.16. The van der Waals surface area contributed by atoms with Crippen LogP contribution in [0.1, 0.15) is 31.1 Å². The Bertz CT molecular complexity index is 1420. The van der Waals surface area contributed by atoms with E-state index in [2.05, 4.69) is 4.98 Å². The van der Waals surface area contributed by atoms with Crippen molar-refractivity contribution in [3.8, 4) is 0 Å². The minimum Gasteiger partial charge on any atom is -0.319 e. The molecule has 0 atom stereocenters. The Labute approximate surface area is 198 Å². The molecule has 3 aromatic carbocycles. The third-order valence-electron chi connectivity index (χ3n) is 5.75. The number of hydrogen-bond acceptors (Lipinski definition) is 5. The van der Waals surface area contributed by atoms with Gasteiger partial charge in [0.25, 0.3) is 0 Å². The second kappa shape index (κ2) is 9.67. The van der Waals surface area contributed by atoms with Crippen LogP contribution in [0.3, 0.4) is 0 Å². The maximum Gasteiger partial charge on any atom is 0.243 e. The van der Waals surface area contributed by atoms with Gasteiger partial charge in [-0.3, -0.25) is 4.79 Å². The molecule has 0 amide bonds. The van der Waals surface area contributed by atoms with Gasteiger partial charge in [0.1, 0.15) is 0 Å². The number of aryl methyl sites for hydroxylation is 1. The van der Waals surface area contributed by atoms with Gasteiger partial charge in [0.05, 0.1) is 21.7 Å². The first-order chi connectivity index (χ1) is 15.9. The van der Waals surface area contributed by atoms with Gasteiger partial charge in [-0.05, 0) is 42.0 Å². The van der Waals surface area contributed by atoms with Crippen LogP contribution in [-0.4, -0.2) is 46.9 Å². The van der Waals surface area contributed by atoms with Gasteiger partial charge in [-0.1, -0.05) is 62.0 Å². The van der Waals surface area contributed by atoms with E-state index in [9.17, 15) is 13.2 Å². The molecule has 8 heteroatoms. The minimum atomic E-state index is -3.56. The Morgan fingerprint density at radius 3 is 2.39 bits per heavy atom. The van der Waals surface area contributed by atoms with Crippen LogP contribution in [0.25, 0.3) is 21.8 Å². The number of fused-ring (bicyclic) bond motifs is 2. The third-order valence-corrected chi connectivity index (χ3v) is 8.77. The molecule has 0 bridgehead atoms. The molecule has 0 unspecified atom stereocenters. The van der Waals surface area contributed by atoms with Crippen molar-refractivity contribution in [2.45, 2.75) is 37.4 Å². The summed E-state index contributed by atoms with van der Waals surface area (Å²) < 4.78 is 29.3. The summed E-state index contributed by atoms with van der Waals surface area (Å²) >= 11 is 1.38. The number of aromatic nitrogens is 2. The highest BCUT2D eigenvalue weighted by molar-refractivity contribution is 7.99. The van der Waals surface area contributed by atoms with Gasteiger partial charge in [0.2, 0.25) is 10.0 Å². The summed E-state index contributed by atoms with van der Waals surface area (Å²) in [7, 11) is -3.56. The van der Waals surface area contributed by atoms with Crippen LogP contribution in [0.5, 0.6) is 0 Å². The lowest BCUT2D eigenvalue weighted by molar-refractivity contribution is 0.102. The number of thioether (sulfide) groups is 1. The predicted molar refractivity (Wildman–Crippen MR) is 135 cm³/mol. The number of Topliss-reactive ketones (excluding diaryl/α,β-unsaturated/α-hetero) is 1. The fourth-order valence-corrected chi connectivity index (χ4v) is 6.40. The van der Waals surface area contributed by atoms with Gasteiger partial charge >= 0.3 is 0 Å². The number of carbonyl (C=O) groups is 1. The highest BCUT2D eigenvalue weighted by Crippen LogP contribution is 2.28. The first-order valence-electron chi connectivity index (χ1n) is 11.0. The van der Waals surface area contributed by atoms with E-state index >= 15 is 0 Å². The molecule has 0 saturated heterocycles. The van der Waals surface area contributed by atoms with E-state index in [4.69, 9.17) is 0 Å². The lowest BCUT2D eigenvalue weighted by atomic mass is 10.1. The smallest absolute Gasteiger partial charge is 0.243 e. The van der Waals surface area contributed by atoms with Gasteiger partial charge in [0, 0.05) is 25.2 Å². The Hall–Kier alpha value is -2.68. The number of nitrogens with zero attached hydrogens (tertiary/aromatic N) is 3. The van der Waals surface area contributed by atoms with E-state index in [1.165, 1.54) is 16.1 Å². The molecular formula is C25H27N3O3S2. The van der Waals surface area contributed by atoms with E-state index in [1.807, 2.05) is 67.8 Å². The van der Waals surface area contributed by atoms with Crippen LogP contribution in [0.4, 0.5) is 0 Å². The van der Waals surface area contributed by atoms with Gasteiger partial charge in [0.15, 0.2) is 10.9 Å². The summed E-state index contributed by atoms with van der Waals surface area (Å²) in [5, 5.41) is 2.85. The van der Waals surface area contributed by atoms with Crippen molar-refractivity contribution in [1.29, 1.82) is 0 Å². The molecule has 4 aromatic rings. The van der Waals surface area contributed by atoms with Crippen molar-refractivity contribution in [3.05, 3.63) is 66.2 Å². The van der Waals surface area contributed by atoms with Crippen LogP contribution < -0.4 is 0 Å². The summed E-state index contributed by atoms with van der Waals surface area (Å²) in [6, 6.07) is 18.8. The highest BCUT2D eigenvalue weighted by atomic mass is 32.2. The van der Waals surface area contributed by atoms with Crippen LogP contribution in [0.15, 0.2) is 70.7 Å². The van der Waals surface area contributed by atoms with Gasteiger partial charge < -0.3 is 4.57 Å². The summed E-state index contributed by atoms with van der Waals surface area (Å²) in [5.41, 5.74) is 2.15. The first-order valence-corrected chi connectivity index (χ1v) is 13.5. The lowest BCUT2D eigenvalue weighted by Crippen LogP contribution is -2.30. The van der Waals surface area contributed by atoms with E-state index in [0.717, 1.165) is 16.3 Å². The van der Waals surface area contributed by atoms with Crippen molar-refractivity contribution in [2.75, 3.05) is 18.8 Å². The fourth-order valence-electron chi connectivity index (χ4n) is 3.95. The van der Waals surface area contributed by atoms with Crippen LogP contribution in [0, 0.1) is 0 Å². The van der Waals surface area contributed by atoms with E-state index in [0.29, 0.717) is 35.9 Å². The molecule has 0 aliphatic rings. The minimum absolute atomic E-state index is 0.0327. The molecule has 0 spiro atoms. The largest absolute Gasteiger partial charge is 0.319 e. The summed E-state index contributed by atoms with van der Waals surface area (Å²) in [4.78, 5) is 17.8. The average Bonchev–Trinajstić information content (AvgIpc) is 3.19. The van der Waals surface area contributed by atoms with Crippen molar-refractivity contribution in [2.24, 2.45) is 0 Å². The molecule has 4 rings (SSSR count). The van der Waals surface area contributed by atoms with Crippen molar-refractivity contribution in [1.82, 2.24) is 13.9 Å². The Morgan fingerprint density at radius 2 is 1.70 bits per heavy atom. The molecule has 0 aliphatic heterocycles. The zero-order chi connectivity index (χ0) is 23.6. The van der Waals surface area contributed by atoms with Crippen molar-refractivity contribution >= 4 is 49.4 Å². The quantitative estimate of drug-likeness (QED) is 0.242. The molecule has 33 heavy (non-hydrogen) atoms. The topological polar surface area (TPSA) is 72.3 Å². The normalized spacial score (nSPS) is 12.1. The summed E-state index contributed by atoms with van der Waals surface area (Å²) in [6.07, 6.45) is 0. The second-order valence-corrected chi connectivity index (χ2v) is 10.5. The maximum absolute atomic E-state index is 12.9. The highest BCUT2D eigenvalue weighted by Gasteiger charge is 2.23. The van der Waals surface area contributed by atoms with Crippen LogP contribution >= 0.6 is 11.8 Å². The molecule has 1 aromatic heterocycles. The number of carbonyl (C=O) groups excluding carboxylic acids is 1. The molecule has 0 radical (unpaired) electrons. The molecule has 0 N–H and O–H groups in total. The molecule has 0 fully saturated rings. The zero-order valence-corrected chi connectivity index (χ0v) is 20.6. The Kier molecular flexibility index (Phi) is 6.88. The second-order valence-electron chi connectivity index (χ2n) is 7.65. The molecule has 0 saturated carbocycles. The molecule has 1 heterocycles. The Balaban J connectivity index is 1.60. The number of benzene rings is 3. The van der Waals surface area contributed by atoms with Gasteiger partial charge in [-0.15, -0.1) is 0 Å². The fraction of sp³-hybridized carbons (Fsp3) is 0.280. The third kappa shape index (κ3) is 4.55. The number of hydrogen-bond donors (Lipinski definition) is 0. The SMILES string of the molecule is CCN(CC)S(=O)(=O)c1ccc2c(c1)nc(SCC(=O)c1ccc3ccccc3c1)n2CC. The lowest BCUT2D eigenvalue weighted by Gasteiger charge is -2.18. The van der Waals surface area contributed by atoms with Crippen molar-refractivity contribution < 1.29 is 13.2 Å². The molecule has 6 nitrogen and oxygen atoms in total. The van der Waals surface area contributed by atoms with Gasteiger partial charge in [-0.2, -0.15) is 4.31 Å². The van der Waals surface area contributed by atoms with E-state index in [1.54, 1.807) is 18.2 Å². The monoisotopic (exact) mass is 481 g/mol. The van der Waals surface area contributed by atoms with E-state index in [-0.39, 0.29) is 16.4 Å².